The first-order valence-corrected chi connectivity index (χ1v) is 10.5. The summed E-state index contributed by atoms with van der Waals surface area (Å²) in [6, 6.07) is 0.887. The van der Waals surface area contributed by atoms with E-state index in [1.165, 1.54) is 0 Å². The second-order valence-electron chi connectivity index (χ2n) is 8.55. The Balaban J connectivity index is 1.41. The molecule has 3 unspecified atom stereocenters. The van der Waals surface area contributed by atoms with Crippen molar-refractivity contribution < 1.29 is 9.59 Å². The van der Waals surface area contributed by atoms with Crippen molar-refractivity contribution >= 4 is 11.8 Å². The zero-order valence-corrected chi connectivity index (χ0v) is 16.7. The summed E-state index contributed by atoms with van der Waals surface area (Å²) in [6.45, 7) is 13.4. The maximum absolute atomic E-state index is 12.7. The molecule has 26 heavy (non-hydrogen) atoms. The van der Waals surface area contributed by atoms with E-state index in [-0.39, 0.29) is 11.9 Å². The summed E-state index contributed by atoms with van der Waals surface area (Å²) in [4.78, 5) is 31.4. The highest BCUT2D eigenvalue weighted by atomic mass is 16.2. The number of piperazine rings is 1. The number of fused-ring (bicyclic) bond motifs is 1. The summed E-state index contributed by atoms with van der Waals surface area (Å²) in [7, 11) is 0. The van der Waals surface area contributed by atoms with Crippen molar-refractivity contribution in [3.8, 4) is 0 Å². The van der Waals surface area contributed by atoms with Crippen LogP contribution in [0.4, 0.5) is 0 Å². The maximum Gasteiger partial charge on any atom is 0.223 e. The van der Waals surface area contributed by atoms with Gasteiger partial charge in [0.1, 0.15) is 0 Å². The van der Waals surface area contributed by atoms with Gasteiger partial charge in [-0.3, -0.25) is 14.5 Å². The number of carbonyl (C=O) groups is 2. The molecule has 3 fully saturated rings. The number of hydrogen-bond acceptors (Lipinski definition) is 4. The van der Waals surface area contributed by atoms with Gasteiger partial charge in [0.2, 0.25) is 11.8 Å². The monoisotopic (exact) mass is 364 g/mol. The summed E-state index contributed by atoms with van der Waals surface area (Å²) < 4.78 is 0. The SMILES string of the molecule is CCC(=O)NC1CCC2CN(C(=O)CCN3CCN(C(C)C)CC3)CC21. The van der Waals surface area contributed by atoms with E-state index in [0.29, 0.717) is 36.6 Å². The van der Waals surface area contributed by atoms with Crippen LogP contribution >= 0.6 is 0 Å². The zero-order chi connectivity index (χ0) is 18.7. The van der Waals surface area contributed by atoms with Gasteiger partial charge in [0.15, 0.2) is 0 Å². The number of nitrogens with one attached hydrogen (secondary N) is 1. The lowest BCUT2D eigenvalue weighted by Gasteiger charge is -2.37. The van der Waals surface area contributed by atoms with Gasteiger partial charge < -0.3 is 15.1 Å². The molecule has 0 aromatic heterocycles. The molecule has 3 aliphatic rings. The molecular formula is C20H36N4O2. The van der Waals surface area contributed by atoms with Crippen LogP contribution < -0.4 is 5.32 Å². The minimum atomic E-state index is 0.140. The molecule has 6 heteroatoms. The van der Waals surface area contributed by atoms with Gasteiger partial charge in [-0.1, -0.05) is 6.92 Å². The van der Waals surface area contributed by atoms with Crippen molar-refractivity contribution in [2.75, 3.05) is 45.8 Å². The molecule has 3 rings (SSSR count). The second-order valence-corrected chi connectivity index (χ2v) is 8.55. The molecule has 2 heterocycles. The number of amides is 2. The lowest BCUT2D eigenvalue weighted by Crippen LogP contribution is -2.49. The molecule has 0 spiro atoms. The molecule has 1 N–H and O–H groups in total. The Hall–Kier alpha value is -1.14. The zero-order valence-electron chi connectivity index (χ0n) is 16.7. The van der Waals surface area contributed by atoms with Crippen LogP contribution in [-0.2, 0) is 9.59 Å². The first-order chi connectivity index (χ1) is 12.5. The third kappa shape index (κ3) is 4.58. The summed E-state index contributed by atoms with van der Waals surface area (Å²) in [5, 5.41) is 3.17. The van der Waals surface area contributed by atoms with Gasteiger partial charge in [-0.25, -0.2) is 0 Å². The van der Waals surface area contributed by atoms with Gasteiger partial charge in [-0.15, -0.1) is 0 Å². The smallest absolute Gasteiger partial charge is 0.223 e. The minimum Gasteiger partial charge on any atom is -0.353 e. The molecule has 1 saturated carbocycles. The van der Waals surface area contributed by atoms with Gasteiger partial charge in [-0.2, -0.15) is 0 Å². The second kappa shape index (κ2) is 8.70. The fourth-order valence-electron chi connectivity index (χ4n) is 4.87. The Morgan fingerprint density at radius 2 is 1.81 bits per heavy atom. The van der Waals surface area contributed by atoms with Crippen LogP contribution in [0.3, 0.4) is 0 Å². The van der Waals surface area contributed by atoms with Crippen LogP contribution in [0.2, 0.25) is 0 Å². The van der Waals surface area contributed by atoms with Gasteiger partial charge in [-0.05, 0) is 32.6 Å². The molecule has 1 aliphatic carbocycles. The molecule has 0 bridgehead atoms. The molecule has 0 aromatic carbocycles. The van der Waals surface area contributed by atoms with E-state index in [1.807, 2.05) is 6.92 Å². The largest absolute Gasteiger partial charge is 0.353 e. The lowest BCUT2D eigenvalue weighted by molar-refractivity contribution is -0.131. The maximum atomic E-state index is 12.7. The Labute approximate surface area is 158 Å². The van der Waals surface area contributed by atoms with Crippen LogP contribution in [0.1, 0.15) is 46.5 Å². The van der Waals surface area contributed by atoms with Crippen molar-refractivity contribution in [2.24, 2.45) is 11.8 Å². The van der Waals surface area contributed by atoms with E-state index in [1.54, 1.807) is 0 Å². The Bertz CT molecular complexity index is 502. The summed E-state index contributed by atoms with van der Waals surface area (Å²) >= 11 is 0. The highest BCUT2D eigenvalue weighted by Gasteiger charge is 2.44. The van der Waals surface area contributed by atoms with Crippen LogP contribution in [0.5, 0.6) is 0 Å². The molecule has 0 radical (unpaired) electrons. The van der Waals surface area contributed by atoms with Gasteiger partial charge in [0.05, 0.1) is 0 Å². The van der Waals surface area contributed by atoms with Crippen molar-refractivity contribution in [1.82, 2.24) is 20.0 Å². The normalized spacial score (nSPS) is 30.0. The van der Waals surface area contributed by atoms with E-state index in [4.69, 9.17) is 0 Å². The highest BCUT2D eigenvalue weighted by Crippen LogP contribution is 2.38. The molecule has 3 atom stereocenters. The van der Waals surface area contributed by atoms with Gasteiger partial charge >= 0.3 is 0 Å². The highest BCUT2D eigenvalue weighted by molar-refractivity contribution is 5.77. The van der Waals surface area contributed by atoms with Gasteiger partial charge in [0.25, 0.3) is 0 Å². The third-order valence-electron chi connectivity index (χ3n) is 6.66. The van der Waals surface area contributed by atoms with Crippen LogP contribution in [0, 0.1) is 11.8 Å². The fraction of sp³-hybridized carbons (Fsp3) is 0.900. The van der Waals surface area contributed by atoms with E-state index < -0.39 is 0 Å². The molecular weight excluding hydrogens is 328 g/mol. The predicted octanol–water partition coefficient (Wildman–Crippen LogP) is 1.17. The quantitative estimate of drug-likeness (QED) is 0.769. The fourth-order valence-corrected chi connectivity index (χ4v) is 4.87. The topological polar surface area (TPSA) is 55.9 Å². The van der Waals surface area contributed by atoms with E-state index in [9.17, 15) is 9.59 Å². The standard InChI is InChI=1S/C20H36N4O2/c1-4-19(25)21-18-6-5-16-13-24(14-17(16)18)20(26)7-8-22-9-11-23(12-10-22)15(2)3/h15-18H,4-14H2,1-3H3,(H,21,25). The summed E-state index contributed by atoms with van der Waals surface area (Å²) in [5.41, 5.74) is 0. The molecule has 148 valence electrons. The number of carbonyl (C=O) groups excluding carboxylic acids is 2. The summed E-state index contributed by atoms with van der Waals surface area (Å²) in [5.74, 6) is 1.48. The first-order valence-electron chi connectivity index (χ1n) is 10.5. The van der Waals surface area contributed by atoms with E-state index >= 15 is 0 Å². The summed E-state index contributed by atoms with van der Waals surface area (Å²) in [6.07, 6.45) is 3.39. The Kier molecular flexibility index (Phi) is 6.56. The molecule has 2 saturated heterocycles. The minimum absolute atomic E-state index is 0.140. The first kappa shape index (κ1) is 19.6. The third-order valence-corrected chi connectivity index (χ3v) is 6.66. The average molecular weight is 365 g/mol. The van der Waals surface area contributed by atoms with Crippen LogP contribution in [-0.4, -0.2) is 84.4 Å². The number of hydrogen-bond donors (Lipinski definition) is 1. The molecule has 6 nitrogen and oxygen atoms in total. The Morgan fingerprint density at radius 3 is 2.46 bits per heavy atom. The van der Waals surface area contributed by atoms with Crippen molar-refractivity contribution in [2.45, 2.75) is 58.5 Å². The molecule has 0 aromatic rings. The van der Waals surface area contributed by atoms with Crippen molar-refractivity contribution in [3.05, 3.63) is 0 Å². The number of nitrogens with zero attached hydrogens (tertiary/aromatic N) is 3. The average Bonchev–Trinajstić information content (AvgIpc) is 3.22. The number of likely N-dealkylation sites (tertiary alicyclic amines) is 1. The lowest BCUT2D eigenvalue weighted by atomic mass is 9.98. The van der Waals surface area contributed by atoms with Crippen molar-refractivity contribution in [3.63, 3.8) is 0 Å². The van der Waals surface area contributed by atoms with Crippen LogP contribution in [0.15, 0.2) is 0 Å². The van der Waals surface area contributed by atoms with Gasteiger partial charge in [0, 0.05) is 76.7 Å². The van der Waals surface area contributed by atoms with Crippen molar-refractivity contribution in [1.29, 1.82) is 0 Å². The molecule has 2 aliphatic heterocycles. The van der Waals surface area contributed by atoms with Crippen LogP contribution in [0.25, 0.3) is 0 Å². The molecule has 2 amide bonds. The number of rotatable bonds is 6. The van der Waals surface area contributed by atoms with E-state index in [0.717, 1.165) is 58.7 Å². The van der Waals surface area contributed by atoms with E-state index in [2.05, 4.69) is 33.9 Å². The Morgan fingerprint density at radius 1 is 1.08 bits per heavy atom. The predicted molar refractivity (Wildman–Crippen MR) is 103 cm³/mol.